The highest BCUT2D eigenvalue weighted by atomic mass is 32.2. The second kappa shape index (κ2) is 9.27. The molecule has 146 valence electrons. The van der Waals surface area contributed by atoms with Crippen LogP contribution in [0.4, 0.5) is 5.69 Å². The van der Waals surface area contributed by atoms with Crippen molar-refractivity contribution in [2.75, 3.05) is 24.8 Å². The molecule has 0 aromatic heterocycles. The second-order valence-electron chi connectivity index (χ2n) is 5.76. The predicted octanol–water partition coefficient (Wildman–Crippen LogP) is 2.99. The van der Waals surface area contributed by atoms with Crippen LogP contribution < -0.4 is 14.8 Å². The van der Waals surface area contributed by atoms with Crippen molar-refractivity contribution in [3.63, 3.8) is 0 Å². The van der Waals surface area contributed by atoms with Crippen LogP contribution in [0.25, 0.3) is 0 Å². The average molecular weight is 393 g/mol. The van der Waals surface area contributed by atoms with Crippen molar-refractivity contribution in [2.45, 2.75) is 24.7 Å². The largest absolute Gasteiger partial charge is 0.506 e. The van der Waals surface area contributed by atoms with E-state index in [0.29, 0.717) is 18.8 Å². The summed E-state index contributed by atoms with van der Waals surface area (Å²) in [6, 6.07) is 10.9. The maximum Gasteiger partial charge on any atom is 0.224 e. The highest BCUT2D eigenvalue weighted by Gasteiger charge is 2.15. The first-order valence-electron chi connectivity index (χ1n) is 8.48. The number of sulfone groups is 1. The van der Waals surface area contributed by atoms with E-state index in [4.69, 9.17) is 9.47 Å². The van der Waals surface area contributed by atoms with Gasteiger partial charge in [-0.1, -0.05) is 6.92 Å². The van der Waals surface area contributed by atoms with Crippen molar-refractivity contribution < 1.29 is 27.8 Å². The van der Waals surface area contributed by atoms with Crippen LogP contribution in [-0.4, -0.2) is 38.9 Å². The Morgan fingerprint density at radius 2 is 1.78 bits per heavy atom. The summed E-state index contributed by atoms with van der Waals surface area (Å²) in [6.07, 6.45) is 0.631. The Labute approximate surface area is 158 Å². The van der Waals surface area contributed by atoms with E-state index in [1.165, 1.54) is 25.1 Å². The van der Waals surface area contributed by atoms with E-state index in [1.54, 1.807) is 31.4 Å². The van der Waals surface area contributed by atoms with Gasteiger partial charge in [0.2, 0.25) is 5.91 Å². The first kappa shape index (κ1) is 20.6. The van der Waals surface area contributed by atoms with Gasteiger partial charge < -0.3 is 19.9 Å². The minimum Gasteiger partial charge on any atom is -0.506 e. The number of aromatic hydroxyl groups is 1. The topological polar surface area (TPSA) is 102 Å². The summed E-state index contributed by atoms with van der Waals surface area (Å²) in [6.45, 7) is 1.87. The Hall–Kier alpha value is -2.74. The monoisotopic (exact) mass is 393 g/mol. The second-order valence-corrected chi connectivity index (χ2v) is 8.04. The van der Waals surface area contributed by atoms with Crippen molar-refractivity contribution in [1.29, 1.82) is 0 Å². The molecule has 8 heteroatoms. The molecule has 27 heavy (non-hydrogen) atoms. The Morgan fingerprint density at radius 3 is 2.41 bits per heavy atom. The summed E-state index contributed by atoms with van der Waals surface area (Å²) in [4.78, 5) is 12.1. The van der Waals surface area contributed by atoms with Gasteiger partial charge in [-0.3, -0.25) is 4.79 Å². The molecule has 0 atom stereocenters. The number of amides is 1. The van der Waals surface area contributed by atoms with Crippen molar-refractivity contribution in [2.24, 2.45) is 0 Å². The number of methoxy groups -OCH3 is 1. The molecule has 1 amide bonds. The molecule has 0 radical (unpaired) electrons. The molecule has 2 aromatic rings. The van der Waals surface area contributed by atoms with Crippen LogP contribution >= 0.6 is 0 Å². The third-order valence-corrected chi connectivity index (χ3v) is 5.59. The fourth-order valence-corrected chi connectivity index (χ4v) is 3.19. The summed E-state index contributed by atoms with van der Waals surface area (Å²) >= 11 is 0. The van der Waals surface area contributed by atoms with Crippen LogP contribution in [0, 0.1) is 0 Å². The molecule has 0 saturated carbocycles. The minimum absolute atomic E-state index is 0.0564. The maximum absolute atomic E-state index is 12.0. The van der Waals surface area contributed by atoms with E-state index in [9.17, 15) is 18.3 Å². The molecule has 0 aliphatic rings. The van der Waals surface area contributed by atoms with Crippen molar-refractivity contribution in [3.8, 4) is 17.2 Å². The number of ether oxygens (including phenoxy) is 2. The number of phenols is 1. The van der Waals surface area contributed by atoms with E-state index < -0.39 is 9.84 Å². The molecular weight excluding hydrogens is 370 g/mol. The zero-order valence-corrected chi connectivity index (χ0v) is 16.1. The Bertz CT molecular complexity index is 878. The normalized spacial score (nSPS) is 11.0. The van der Waals surface area contributed by atoms with Crippen LogP contribution in [-0.2, 0) is 14.6 Å². The van der Waals surface area contributed by atoms with Gasteiger partial charge in [0.25, 0.3) is 0 Å². The molecule has 0 bridgehead atoms. The lowest BCUT2D eigenvalue weighted by molar-refractivity contribution is -0.116. The summed E-state index contributed by atoms with van der Waals surface area (Å²) in [5, 5.41) is 12.4. The molecule has 0 saturated heterocycles. The molecule has 0 unspecified atom stereocenters. The number of rotatable bonds is 9. The third-order valence-electron chi connectivity index (χ3n) is 3.86. The van der Waals surface area contributed by atoms with Crippen molar-refractivity contribution >= 4 is 21.4 Å². The zero-order chi connectivity index (χ0) is 19.9. The Balaban J connectivity index is 1.85. The predicted molar refractivity (Wildman–Crippen MR) is 102 cm³/mol. The molecule has 0 aliphatic heterocycles. The molecule has 0 heterocycles. The fourth-order valence-electron chi connectivity index (χ4n) is 2.28. The lowest BCUT2D eigenvalue weighted by Crippen LogP contribution is -2.13. The Kier molecular flexibility index (Phi) is 7.06. The number of phenolic OH excluding ortho intramolecular Hbond substituents is 1. The third kappa shape index (κ3) is 5.89. The lowest BCUT2D eigenvalue weighted by atomic mass is 10.2. The smallest absolute Gasteiger partial charge is 0.224 e. The van der Waals surface area contributed by atoms with Crippen LogP contribution in [0.5, 0.6) is 17.2 Å². The fraction of sp³-hybridized carbons (Fsp3) is 0.316. The number of nitrogens with one attached hydrogen (secondary N) is 1. The highest BCUT2D eigenvalue weighted by molar-refractivity contribution is 7.91. The number of carbonyl (C=O) groups is 1. The first-order valence-corrected chi connectivity index (χ1v) is 10.1. The number of hydrogen-bond acceptors (Lipinski definition) is 6. The first-order chi connectivity index (χ1) is 12.9. The number of anilines is 1. The van der Waals surface area contributed by atoms with E-state index >= 15 is 0 Å². The van der Waals surface area contributed by atoms with Crippen molar-refractivity contribution in [1.82, 2.24) is 0 Å². The number of carbonyl (C=O) groups excluding carboxylic acids is 1. The molecule has 7 nitrogen and oxygen atoms in total. The van der Waals surface area contributed by atoms with Gasteiger partial charge in [0, 0.05) is 6.42 Å². The summed E-state index contributed by atoms with van der Waals surface area (Å²) in [5.74, 6) is 0.816. The van der Waals surface area contributed by atoms with Crippen LogP contribution in [0.1, 0.15) is 19.8 Å². The number of benzene rings is 2. The summed E-state index contributed by atoms with van der Waals surface area (Å²) in [7, 11) is -1.84. The van der Waals surface area contributed by atoms with Gasteiger partial charge in [0.1, 0.15) is 17.2 Å². The number of hydrogen-bond donors (Lipinski definition) is 2. The van der Waals surface area contributed by atoms with E-state index in [2.05, 4.69) is 5.32 Å². The Morgan fingerprint density at radius 1 is 1.11 bits per heavy atom. The van der Waals surface area contributed by atoms with Gasteiger partial charge in [-0.25, -0.2) is 8.42 Å². The standard InChI is InChI=1S/C19H23NO6S/c1-3-27(23,24)16-10-11-18(21)17(13-16)20-19(22)5-4-12-26-15-8-6-14(25-2)7-9-15/h6-11,13,21H,3-5,12H2,1-2H3,(H,20,22). The van der Waals surface area contributed by atoms with E-state index in [-0.39, 0.29) is 34.4 Å². The zero-order valence-electron chi connectivity index (χ0n) is 15.3. The quantitative estimate of drug-likeness (QED) is 0.502. The minimum atomic E-state index is -3.42. The van der Waals surface area contributed by atoms with Crippen molar-refractivity contribution in [3.05, 3.63) is 42.5 Å². The van der Waals surface area contributed by atoms with Gasteiger partial charge >= 0.3 is 0 Å². The molecular formula is C19H23NO6S. The van der Waals surface area contributed by atoms with Crippen LogP contribution in [0.2, 0.25) is 0 Å². The van der Waals surface area contributed by atoms with Crippen LogP contribution in [0.3, 0.4) is 0 Å². The lowest BCUT2D eigenvalue weighted by Gasteiger charge is -2.10. The van der Waals surface area contributed by atoms with Gasteiger partial charge in [-0.15, -0.1) is 0 Å². The van der Waals surface area contributed by atoms with Gasteiger partial charge in [-0.05, 0) is 48.9 Å². The van der Waals surface area contributed by atoms with E-state index in [0.717, 1.165) is 5.75 Å². The molecule has 0 fully saturated rings. The SMILES string of the molecule is CCS(=O)(=O)c1ccc(O)c(NC(=O)CCCOc2ccc(OC)cc2)c1. The maximum atomic E-state index is 12.0. The van der Waals surface area contributed by atoms with Gasteiger partial charge in [-0.2, -0.15) is 0 Å². The summed E-state index contributed by atoms with van der Waals surface area (Å²) in [5.41, 5.74) is 0.0746. The molecule has 2 N–H and O–H groups in total. The molecule has 0 aliphatic carbocycles. The van der Waals surface area contributed by atoms with E-state index in [1.807, 2.05) is 0 Å². The van der Waals surface area contributed by atoms with Crippen LogP contribution in [0.15, 0.2) is 47.4 Å². The highest BCUT2D eigenvalue weighted by Crippen LogP contribution is 2.27. The van der Waals surface area contributed by atoms with Gasteiger partial charge in [0.05, 0.1) is 30.1 Å². The molecule has 2 aromatic carbocycles. The molecule has 0 spiro atoms. The van der Waals surface area contributed by atoms with Gasteiger partial charge in [0.15, 0.2) is 9.84 Å². The summed E-state index contributed by atoms with van der Waals surface area (Å²) < 4.78 is 34.4. The molecule has 2 rings (SSSR count). The average Bonchev–Trinajstić information content (AvgIpc) is 2.67.